The van der Waals surface area contributed by atoms with E-state index in [2.05, 4.69) is 10.3 Å². The van der Waals surface area contributed by atoms with E-state index in [4.69, 9.17) is 9.47 Å². The van der Waals surface area contributed by atoms with Crippen LogP contribution in [0.2, 0.25) is 0 Å². The van der Waals surface area contributed by atoms with Gasteiger partial charge in [-0.25, -0.2) is 0 Å². The fraction of sp³-hybridized carbons (Fsp3) is 0.571. The molecule has 0 saturated heterocycles. The van der Waals surface area contributed by atoms with Crippen LogP contribution in [-0.4, -0.2) is 25.6 Å². The van der Waals surface area contributed by atoms with Gasteiger partial charge in [0.2, 0.25) is 5.88 Å². The van der Waals surface area contributed by atoms with Crippen molar-refractivity contribution < 1.29 is 9.47 Å². The largest absolute Gasteiger partial charge is 0.483 e. The van der Waals surface area contributed by atoms with Crippen LogP contribution < -0.4 is 5.32 Å². The summed E-state index contributed by atoms with van der Waals surface area (Å²) in [6, 6.07) is 0. The summed E-state index contributed by atoms with van der Waals surface area (Å²) in [5, 5.41) is 3.05. The predicted octanol–water partition coefficient (Wildman–Crippen LogP) is 0.222. The van der Waals surface area contributed by atoms with Crippen molar-refractivity contribution in [3.05, 3.63) is 11.6 Å². The maximum absolute atomic E-state index is 5.30. The maximum atomic E-state index is 5.30. The molecule has 0 fully saturated rings. The van der Waals surface area contributed by atoms with Gasteiger partial charge in [0.15, 0.2) is 5.76 Å². The van der Waals surface area contributed by atoms with Crippen molar-refractivity contribution in [1.29, 1.82) is 0 Å². The Kier molecular flexibility index (Phi) is 1.45. The molecule has 2 heterocycles. The number of allylic oxidation sites excluding steroid dienone is 1. The highest BCUT2D eigenvalue weighted by Crippen LogP contribution is 2.13. The van der Waals surface area contributed by atoms with Crippen LogP contribution in [0.25, 0.3) is 0 Å². The third kappa shape index (κ3) is 1.15. The summed E-state index contributed by atoms with van der Waals surface area (Å²) < 4.78 is 10.6. The quantitative estimate of drug-likeness (QED) is 0.543. The Morgan fingerprint density at radius 2 is 2.36 bits per heavy atom. The molecule has 4 heteroatoms. The molecule has 11 heavy (non-hydrogen) atoms. The third-order valence-electron chi connectivity index (χ3n) is 1.57. The van der Waals surface area contributed by atoms with Crippen molar-refractivity contribution >= 4 is 6.21 Å². The van der Waals surface area contributed by atoms with Gasteiger partial charge in [0.1, 0.15) is 19.4 Å². The van der Waals surface area contributed by atoms with Crippen LogP contribution in [0.1, 0.15) is 6.92 Å². The zero-order valence-electron chi connectivity index (χ0n) is 6.33. The van der Waals surface area contributed by atoms with E-state index in [0.29, 0.717) is 19.0 Å². The summed E-state index contributed by atoms with van der Waals surface area (Å²) in [6.07, 6.45) is 1.80. The Morgan fingerprint density at radius 1 is 1.55 bits per heavy atom. The molecule has 1 N–H and O–H groups in total. The van der Waals surface area contributed by atoms with Gasteiger partial charge in [-0.3, -0.25) is 4.99 Å². The number of nitrogens with zero attached hydrogens (tertiary/aromatic N) is 1. The smallest absolute Gasteiger partial charge is 0.233 e. The molecule has 0 amide bonds. The van der Waals surface area contributed by atoms with Crippen LogP contribution in [0.3, 0.4) is 0 Å². The summed E-state index contributed by atoms with van der Waals surface area (Å²) in [7, 11) is 0. The summed E-state index contributed by atoms with van der Waals surface area (Å²) in [6.45, 7) is 3.19. The molecular weight excluding hydrogens is 144 g/mol. The van der Waals surface area contributed by atoms with Crippen molar-refractivity contribution in [2.45, 2.75) is 13.1 Å². The molecular formula is C7H10N2O2. The molecule has 0 radical (unpaired) electrons. The second kappa shape index (κ2) is 2.45. The minimum atomic E-state index is 0.0930. The van der Waals surface area contributed by atoms with Gasteiger partial charge < -0.3 is 14.8 Å². The lowest BCUT2D eigenvalue weighted by Gasteiger charge is -2.25. The summed E-state index contributed by atoms with van der Waals surface area (Å²) >= 11 is 0. The number of rotatable bonds is 0. The standard InChI is InChI=1S/C7H10N2O2/c1-5-8-4-6-7(9-5)11-3-2-10-6/h4-5,9H,2-3H2,1H3. The van der Waals surface area contributed by atoms with Crippen LogP contribution in [0.5, 0.6) is 0 Å². The second-order valence-corrected chi connectivity index (χ2v) is 2.49. The molecule has 0 aromatic rings. The number of hydrogen-bond acceptors (Lipinski definition) is 4. The average molecular weight is 154 g/mol. The van der Waals surface area contributed by atoms with Crippen molar-refractivity contribution in [2.75, 3.05) is 13.2 Å². The lowest BCUT2D eigenvalue weighted by Crippen LogP contribution is -2.33. The molecule has 0 aromatic heterocycles. The molecule has 0 bridgehead atoms. The summed E-state index contributed by atoms with van der Waals surface area (Å²) in [5.41, 5.74) is 0. The van der Waals surface area contributed by atoms with Gasteiger partial charge in [-0.1, -0.05) is 0 Å². The van der Waals surface area contributed by atoms with Gasteiger partial charge >= 0.3 is 0 Å². The van der Waals surface area contributed by atoms with Crippen molar-refractivity contribution in [3.8, 4) is 0 Å². The topological polar surface area (TPSA) is 42.9 Å². The zero-order chi connectivity index (χ0) is 7.68. The molecule has 0 spiro atoms. The first-order valence-corrected chi connectivity index (χ1v) is 3.66. The molecule has 0 saturated carbocycles. The molecule has 0 aromatic carbocycles. The minimum absolute atomic E-state index is 0.0930. The maximum Gasteiger partial charge on any atom is 0.233 e. The fourth-order valence-corrected chi connectivity index (χ4v) is 1.05. The van der Waals surface area contributed by atoms with Gasteiger partial charge in [0.05, 0.1) is 6.21 Å². The van der Waals surface area contributed by atoms with Gasteiger partial charge in [0, 0.05) is 0 Å². The molecule has 2 aliphatic heterocycles. The summed E-state index contributed by atoms with van der Waals surface area (Å²) in [4.78, 5) is 4.12. The predicted molar refractivity (Wildman–Crippen MR) is 40.0 cm³/mol. The van der Waals surface area contributed by atoms with E-state index in [-0.39, 0.29) is 6.17 Å². The van der Waals surface area contributed by atoms with Crippen molar-refractivity contribution in [3.63, 3.8) is 0 Å². The second-order valence-electron chi connectivity index (χ2n) is 2.49. The Hall–Kier alpha value is -1.19. The number of ether oxygens (including phenoxy) is 2. The van der Waals surface area contributed by atoms with Gasteiger partial charge in [0.25, 0.3) is 0 Å². The number of nitrogens with one attached hydrogen (secondary N) is 1. The molecule has 60 valence electrons. The SMILES string of the molecule is CC1N=CC2=C(N1)OCCO2. The van der Waals surface area contributed by atoms with Crippen LogP contribution in [0, 0.1) is 0 Å². The van der Waals surface area contributed by atoms with E-state index in [1.807, 2.05) is 6.92 Å². The fourth-order valence-electron chi connectivity index (χ4n) is 1.05. The van der Waals surface area contributed by atoms with E-state index >= 15 is 0 Å². The van der Waals surface area contributed by atoms with Crippen LogP contribution in [0.15, 0.2) is 16.6 Å². The Morgan fingerprint density at radius 3 is 3.27 bits per heavy atom. The van der Waals surface area contributed by atoms with E-state index in [0.717, 1.165) is 5.88 Å². The highest BCUT2D eigenvalue weighted by molar-refractivity contribution is 5.77. The van der Waals surface area contributed by atoms with Crippen LogP contribution in [0.4, 0.5) is 0 Å². The normalized spacial score (nSPS) is 28.3. The number of hydrogen-bond donors (Lipinski definition) is 1. The zero-order valence-corrected chi connectivity index (χ0v) is 6.33. The average Bonchev–Trinajstić information content (AvgIpc) is 2.04. The molecule has 1 unspecified atom stereocenters. The first-order chi connectivity index (χ1) is 5.36. The van der Waals surface area contributed by atoms with Crippen LogP contribution in [-0.2, 0) is 9.47 Å². The van der Waals surface area contributed by atoms with E-state index < -0.39 is 0 Å². The first kappa shape index (κ1) is 6.52. The Bertz CT molecular complexity index is 222. The first-order valence-electron chi connectivity index (χ1n) is 3.66. The van der Waals surface area contributed by atoms with Gasteiger partial charge in [-0.2, -0.15) is 0 Å². The monoisotopic (exact) mass is 154 g/mol. The van der Waals surface area contributed by atoms with E-state index in [9.17, 15) is 0 Å². The summed E-state index contributed by atoms with van der Waals surface area (Å²) in [5.74, 6) is 1.44. The minimum Gasteiger partial charge on any atom is -0.483 e. The van der Waals surface area contributed by atoms with Gasteiger partial charge in [-0.15, -0.1) is 0 Å². The lowest BCUT2D eigenvalue weighted by molar-refractivity contribution is 0.0580. The molecule has 4 nitrogen and oxygen atoms in total. The lowest BCUT2D eigenvalue weighted by atomic mass is 10.4. The number of aliphatic imine (C=N–C) groups is 1. The molecule has 1 atom stereocenters. The van der Waals surface area contributed by atoms with E-state index in [1.165, 1.54) is 0 Å². The highest BCUT2D eigenvalue weighted by Gasteiger charge is 2.18. The van der Waals surface area contributed by atoms with Crippen molar-refractivity contribution in [2.24, 2.45) is 4.99 Å². The van der Waals surface area contributed by atoms with E-state index in [1.54, 1.807) is 6.21 Å². The van der Waals surface area contributed by atoms with Gasteiger partial charge in [-0.05, 0) is 6.92 Å². The Balaban J connectivity index is 2.20. The van der Waals surface area contributed by atoms with Crippen molar-refractivity contribution in [1.82, 2.24) is 5.32 Å². The van der Waals surface area contributed by atoms with Crippen LogP contribution >= 0.6 is 0 Å². The highest BCUT2D eigenvalue weighted by atomic mass is 16.6. The molecule has 0 aliphatic carbocycles. The third-order valence-corrected chi connectivity index (χ3v) is 1.57. The molecule has 2 aliphatic rings. The molecule has 2 rings (SSSR count). The Labute approximate surface area is 64.9 Å².